The molecule has 0 unspecified atom stereocenters. The normalized spacial score (nSPS) is 17.9. The van der Waals surface area contributed by atoms with Gasteiger partial charge in [0.1, 0.15) is 17.1 Å². The summed E-state index contributed by atoms with van der Waals surface area (Å²) in [5.74, 6) is 0.716. The quantitative estimate of drug-likeness (QED) is 0.231. The van der Waals surface area contributed by atoms with Crippen molar-refractivity contribution in [2.45, 2.75) is 51.2 Å². The van der Waals surface area contributed by atoms with E-state index >= 15 is 0 Å². The molecule has 3 aromatic rings. The molecule has 0 aliphatic heterocycles. The number of ether oxygens (including phenoxy) is 1. The summed E-state index contributed by atoms with van der Waals surface area (Å²) in [6.45, 7) is 5.13. The molecular formula is C23H24F3N5O3. The smallest absolute Gasteiger partial charge is 0.407 e. The fourth-order valence-corrected chi connectivity index (χ4v) is 4.19. The van der Waals surface area contributed by atoms with Crippen LogP contribution in [-0.4, -0.2) is 33.0 Å². The highest BCUT2D eigenvalue weighted by Crippen LogP contribution is 2.35. The molecule has 4 rings (SSSR count). The van der Waals surface area contributed by atoms with E-state index in [0.29, 0.717) is 23.0 Å². The van der Waals surface area contributed by atoms with Crippen molar-refractivity contribution in [1.82, 2.24) is 14.7 Å². The third kappa shape index (κ3) is 4.56. The molecule has 0 fully saturated rings. The van der Waals surface area contributed by atoms with Crippen LogP contribution in [0.4, 0.5) is 18.0 Å². The third-order valence-electron chi connectivity index (χ3n) is 5.64. The van der Waals surface area contributed by atoms with Crippen molar-refractivity contribution in [3.8, 4) is 0 Å². The first-order chi connectivity index (χ1) is 16.0. The SMILES string of the molecule is CC(C)(C)OC(=O)N[C@H]1Cc2c(nc3cc(C(=N)ON)ccn23)C[C@@H]1c1cc(F)c(F)cc1F. The van der Waals surface area contributed by atoms with Gasteiger partial charge in [-0.05, 0) is 44.5 Å². The van der Waals surface area contributed by atoms with Gasteiger partial charge in [-0.3, -0.25) is 5.41 Å². The molecule has 11 heteroatoms. The Morgan fingerprint density at radius 3 is 2.56 bits per heavy atom. The van der Waals surface area contributed by atoms with Gasteiger partial charge in [-0.15, -0.1) is 0 Å². The van der Waals surface area contributed by atoms with E-state index in [0.717, 1.165) is 11.8 Å². The van der Waals surface area contributed by atoms with Gasteiger partial charge in [0.05, 0.1) is 5.69 Å². The van der Waals surface area contributed by atoms with Crippen LogP contribution in [0.2, 0.25) is 0 Å². The van der Waals surface area contributed by atoms with Crippen LogP contribution in [-0.2, 0) is 22.4 Å². The van der Waals surface area contributed by atoms with Crippen molar-refractivity contribution in [2.75, 3.05) is 0 Å². The van der Waals surface area contributed by atoms with Gasteiger partial charge in [-0.2, -0.15) is 5.90 Å². The number of hydrogen-bond acceptors (Lipinski definition) is 6. The predicted molar refractivity (Wildman–Crippen MR) is 117 cm³/mol. The molecule has 180 valence electrons. The van der Waals surface area contributed by atoms with Crippen LogP contribution in [0.25, 0.3) is 5.65 Å². The van der Waals surface area contributed by atoms with E-state index in [9.17, 15) is 18.0 Å². The highest BCUT2D eigenvalue weighted by Gasteiger charge is 2.36. The van der Waals surface area contributed by atoms with E-state index in [1.165, 1.54) is 0 Å². The number of amides is 1. The first kappa shape index (κ1) is 23.6. The number of carbonyl (C=O) groups excluding carboxylic acids is 1. The zero-order valence-electron chi connectivity index (χ0n) is 18.8. The highest BCUT2D eigenvalue weighted by molar-refractivity contribution is 5.92. The summed E-state index contributed by atoms with van der Waals surface area (Å²) in [6, 6.07) is 3.86. The molecule has 0 radical (unpaired) electrons. The lowest BCUT2D eigenvalue weighted by atomic mass is 9.80. The summed E-state index contributed by atoms with van der Waals surface area (Å²) in [4.78, 5) is 21.6. The Bertz CT molecular complexity index is 1290. The lowest BCUT2D eigenvalue weighted by Crippen LogP contribution is -2.46. The maximum Gasteiger partial charge on any atom is 0.407 e. The third-order valence-corrected chi connectivity index (χ3v) is 5.64. The van der Waals surface area contributed by atoms with Crippen molar-refractivity contribution in [1.29, 1.82) is 5.41 Å². The van der Waals surface area contributed by atoms with E-state index < -0.39 is 41.1 Å². The van der Waals surface area contributed by atoms with Crippen molar-refractivity contribution in [2.24, 2.45) is 5.90 Å². The zero-order valence-corrected chi connectivity index (χ0v) is 18.8. The summed E-state index contributed by atoms with van der Waals surface area (Å²) in [6.07, 6.45) is 1.36. The monoisotopic (exact) mass is 475 g/mol. The molecule has 2 atom stereocenters. The summed E-state index contributed by atoms with van der Waals surface area (Å²) in [5, 5.41) is 10.5. The second-order valence-electron chi connectivity index (χ2n) is 9.15. The minimum absolute atomic E-state index is 0.0679. The van der Waals surface area contributed by atoms with Gasteiger partial charge < -0.3 is 19.3 Å². The Labute approximate surface area is 193 Å². The van der Waals surface area contributed by atoms with Gasteiger partial charge in [-0.1, -0.05) is 0 Å². The molecule has 1 amide bonds. The number of halogens is 3. The van der Waals surface area contributed by atoms with Crippen molar-refractivity contribution in [3.05, 3.63) is 70.4 Å². The zero-order chi connectivity index (χ0) is 24.8. The standard InChI is InChI=1S/C23H24F3N5O3/c1-23(2,3)33-22(32)30-17-10-19-18(8-13(17)12-7-15(25)16(26)9-14(12)24)29-20-6-11(21(27)34-28)4-5-31(19)20/h4-7,9,13,17,27H,8,10,28H2,1-3H3,(H,30,32)/t13-,17+/m1/s1. The molecule has 1 aliphatic carbocycles. The molecule has 1 aromatic carbocycles. The number of hydrogen-bond donors (Lipinski definition) is 3. The Hall–Kier alpha value is -3.60. The van der Waals surface area contributed by atoms with Crippen LogP contribution in [0, 0.1) is 22.9 Å². The van der Waals surface area contributed by atoms with Crippen LogP contribution in [0.3, 0.4) is 0 Å². The number of benzene rings is 1. The summed E-state index contributed by atoms with van der Waals surface area (Å²) in [7, 11) is 0. The molecule has 0 bridgehead atoms. The minimum atomic E-state index is -1.29. The second kappa shape index (κ2) is 8.64. The van der Waals surface area contributed by atoms with Crippen LogP contribution in [0.15, 0.2) is 30.5 Å². The first-order valence-corrected chi connectivity index (χ1v) is 10.6. The maximum atomic E-state index is 14.7. The van der Waals surface area contributed by atoms with E-state index in [1.54, 1.807) is 43.5 Å². The average molecular weight is 475 g/mol. The van der Waals surface area contributed by atoms with Gasteiger partial charge in [-0.25, -0.2) is 22.9 Å². The lowest BCUT2D eigenvalue weighted by Gasteiger charge is -2.33. The molecule has 34 heavy (non-hydrogen) atoms. The van der Waals surface area contributed by atoms with Crippen LogP contribution in [0.5, 0.6) is 0 Å². The number of carbonyl (C=O) groups is 1. The number of imidazole rings is 1. The fraction of sp³-hybridized carbons (Fsp3) is 0.348. The van der Waals surface area contributed by atoms with Gasteiger partial charge in [0.25, 0.3) is 0 Å². The van der Waals surface area contributed by atoms with Crippen LogP contribution < -0.4 is 11.2 Å². The number of rotatable bonds is 3. The van der Waals surface area contributed by atoms with E-state index in [2.05, 4.69) is 15.1 Å². The number of nitrogens with zero attached hydrogens (tertiary/aromatic N) is 2. The topological polar surface area (TPSA) is 115 Å². The Balaban J connectivity index is 1.76. The van der Waals surface area contributed by atoms with E-state index in [-0.39, 0.29) is 24.3 Å². The Kier molecular flexibility index (Phi) is 5.98. The molecule has 8 nitrogen and oxygen atoms in total. The van der Waals surface area contributed by atoms with Crippen molar-refractivity contribution < 1.29 is 27.5 Å². The van der Waals surface area contributed by atoms with Gasteiger partial charge >= 0.3 is 6.09 Å². The molecule has 0 saturated heterocycles. The molecule has 1 aliphatic rings. The number of nitrogens with two attached hydrogens (primary N) is 1. The number of fused-ring (bicyclic) bond motifs is 3. The highest BCUT2D eigenvalue weighted by atomic mass is 19.2. The average Bonchev–Trinajstić information content (AvgIpc) is 3.10. The van der Waals surface area contributed by atoms with Gasteiger partial charge in [0.15, 0.2) is 11.6 Å². The number of nitrogens with one attached hydrogen (secondary N) is 2. The van der Waals surface area contributed by atoms with Crippen molar-refractivity contribution in [3.63, 3.8) is 0 Å². The number of alkyl carbamates (subject to hydrolysis) is 1. The van der Waals surface area contributed by atoms with Gasteiger partial charge in [0.2, 0.25) is 5.90 Å². The Morgan fingerprint density at radius 2 is 1.88 bits per heavy atom. The summed E-state index contributed by atoms with van der Waals surface area (Å²) in [5.41, 5.74) is 1.43. The van der Waals surface area contributed by atoms with E-state index in [1.807, 2.05) is 0 Å². The predicted octanol–water partition coefficient (Wildman–Crippen LogP) is 3.74. The Morgan fingerprint density at radius 1 is 1.18 bits per heavy atom. The van der Waals surface area contributed by atoms with Crippen molar-refractivity contribution >= 4 is 17.6 Å². The fourth-order valence-electron chi connectivity index (χ4n) is 4.19. The summed E-state index contributed by atoms with van der Waals surface area (Å²) < 4.78 is 49.5. The molecule has 2 heterocycles. The first-order valence-electron chi connectivity index (χ1n) is 10.6. The van der Waals surface area contributed by atoms with Crippen LogP contribution in [0.1, 0.15) is 49.2 Å². The molecule has 0 saturated carbocycles. The van der Waals surface area contributed by atoms with E-state index in [4.69, 9.17) is 16.0 Å². The number of aromatic nitrogens is 2. The maximum absolute atomic E-state index is 14.7. The molecule has 0 spiro atoms. The minimum Gasteiger partial charge on any atom is -0.444 e. The number of pyridine rings is 1. The molecule has 4 N–H and O–H groups in total. The summed E-state index contributed by atoms with van der Waals surface area (Å²) >= 11 is 0. The van der Waals surface area contributed by atoms with Crippen LogP contribution >= 0.6 is 0 Å². The lowest BCUT2D eigenvalue weighted by molar-refractivity contribution is 0.0493. The second-order valence-corrected chi connectivity index (χ2v) is 9.15. The molecular weight excluding hydrogens is 451 g/mol. The molecule has 2 aromatic heterocycles. The largest absolute Gasteiger partial charge is 0.444 e. The van der Waals surface area contributed by atoms with Gasteiger partial charge in [0, 0.05) is 48.3 Å².